The number of hydrogen-bond acceptors (Lipinski definition) is 3. The molecule has 2 aromatic rings. The number of nitriles is 1. The maximum absolute atomic E-state index is 13.7. The number of halogens is 3. The summed E-state index contributed by atoms with van der Waals surface area (Å²) in [5.74, 6) is -1.22. The van der Waals surface area contributed by atoms with Gasteiger partial charge in [0.25, 0.3) is 0 Å². The molecule has 19 heavy (non-hydrogen) atoms. The first-order valence-electron chi connectivity index (χ1n) is 5.30. The molecule has 0 radical (unpaired) electrons. The predicted octanol–water partition coefficient (Wildman–Crippen LogP) is 4.05. The average Bonchev–Trinajstić information content (AvgIpc) is 2.34. The average molecular weight is 324 g/mol. The minimum Gasteiger partial charge on any atom is -0.336 e. The van der Waals surface area contributed by atoms with E-state index < -0.39 is 11.6 Å². The van der Waals surface area contributed by atoms with Crippen LogP contribution >= 0.6 is 15.9 Å². The van der Waals surface area contributed by atoms with Gasteiger partial charge in [-0.05, 0) is 41.1 Å². The SMILES string of the molecule is Cc1ccc(C#N)c(Nc2c(F)cc(F)cc2Br)n1. The lowest BCUT2D eigenvalue weighted by molar-refractivity contribution is 0.584. The van der Waals surface area contributed by atoms with Gasteiger partial charge in [0.2, 0.25) is 0 Å². The van der Waals surface area contributed by atoms with Crippen molar-refractivity contribution >= 4 is 27.4 Å². The zero-order chi connectivity index (χ0) is 14.0. The van der Waals surface area contributed by atoms with Crippen LogP contribution in [0.5, 0.6) is 0 Å². The Balaban J connectivity index is 2.48. The van der Waals surface area contributed by atoms with Gasteiger partial charge in [0.15, 0.2) is 5.82 Å². The van der Waals surface area contributed by atoms with Crippen molar-refractivity contribution in [1.29, 1.82) is 5.26 Å². The second-order valence-corrected chi connectivity index (χ2v) is 4.68. The van der Waals surface area contributed by atoms with E-state index in [-0.39, 0.29) is 21.5 Å². The van der Waals surface area contributed by atoms with E-state index in [1.165, 1.54) is 0 Å². The van der Waals surface area contributed by atoms with Crippen LogP contribution in [-0.4, -0.2) is 4.98 Å². The summed E-state index contributed by atoms with van der Waals surface area (Å²) in [6.07, 6.45) is 0. The molecule has 1 N–H and O–H groups in total. The second kappa shape index (κ2) is 5.33. The molecule has 96 valence electrons. The minimum absolute atomic E-state index is 0.0380. The molecular formula is C13H8BrF2N3. The van der Waals surface area contributed by atoms with E-state index in [0.717, 1.165) is 12.1 Å². The van der Waals surface area contributed by atoms with E-state index in [1.54, 1.807) is 19.1 Å². The number of nitrogens with zero attached hydrogens (tertiary/aromatic N) is 2. The van der Waals surface area contributed by atoms with Crippen molar-refractivity contribution in [3.05, 3.63) is 51.6 Å². The number of benzene rings is 1. The van der Waals surface area contributed by atoms with Crippen LogP contribution < -0.4 is 5.32 Å². The first-order valence-corrected chi connectivity index (χ1v) is 6.10. The molecule has 1 aromatic carbocycles. The standard InChI is InChI=1S/C13H8BrF2N3/c1-7-2-3-8(6-17)13(18-7)19-12-10(14)4-9(15)5-11(12)16/h2-5H,1H3,(H,18,19). The molecule has 0 aliphatic rings. The van der Waals surface area contributed by atoms with Crippen LogP contribution in [0.15, 0.2) is 28.7 Å². The lowest BCUT2D eigenvalue weighted by Crippen LogP contribution is -2.01. The number of aryl methyl sites for hydroxylation is 1. The summed E-state index contributed by atoms with van der Waals surface area (Å²) in [4.78, 5) is 4.13. The monoisotopic (exact) mass is 323 g/mol. The van der Waals surface area contributed by atoms with Gasteiger partial charge < -0.3 is 5.32 Å². The molecule has 0 aliphatic carbocycles. The topological polar surface area (TPSA) is 48.7 Å². The fraction of sp³-hybridized carbons (Fsp3) is 0.0769. The Kier molecular flexibility index (Phi) is 3.76. The molecular weight excluding hydrogens is 316 g/mol. The van der Waals surface area contributed by atoms with Crippen LogP contribution in [0.1, 0.15) is 11.3 Å². The van der Waals surface area contributed by atoms with Crippen LogP contribution in [0.4, 0.5) is 20.3 Å². The molecule has 0 bridgehead atoms. The lowest BCUT2D eigenvalue weighted by Gasteiger charge is -2.11. The zero-order valence-electron chi connectivity index (χ0n) is 9.84. The van der Waals surface area contributed by atoms with Gasteiger partial charge in [-0.2, -0.15) is 5.26 Å². The molecule has 3 nitrogen and oxygen atoms in total. The third kappa shape index (κ3) is 2.88. The van der Waals surface area contributed by atoms with Gasteiger partial charge in [-0.15, -0.1) is 0 Å². The molecule has 0 saturated carbocycles. The summed E-state index contributed by atoms with van der Waals surface area (Å²) in [7, 11) is 0. The predicted molar refractivity (Wildman–Crippen MR) is 71.0 cm³/mol. The number of nitrogens with one attached hydrogen (secondary N) is 1. The molecule has 0 amide bonds. The highest BCUT2D eigenvalue weighted by Crippen LogP contribution is 2.30. The van der Waals surface area contributed by atoms with Crippen molar-refractivity contribution in [2.45, 2.75) is 6.92 Å². The van der Waals surface area contributed by atoms with Gasteiger partial charge >= 0.3 is 0 Å². The van der Waals surface area contributed by atoms with Gasteiger partial charge in [-0.25, -0.2) is 13.8 Å². The number of pyridine rings is 1. The third-order valence-corrected chi connectivity index (χ3v) is 3.03. The van der Waals surface area contributed by atoms with E-state index in [1.807, 2.05) is 6.07 Å². The Morgan fingerprint density at radius 1 is 1.32 bits per heavy atom. The Bertz CT molecular complexity index is 657. The van der Waals surface area contributed by atoms with E-state index in [2.05, 4.69) is 26.2 Å². The summed E-state index contributed by atoms with van der Waals surface area (Å²) >= 11 is 3.07. The van der Waals surface area contributed by atoms with Gasteiger partial charge in [0.1, 0.15) is 17.7 Å². The summed E-state index contributed by atoms with van der Waals surface area (Å²) in [6.45, 7) is 1.75. The van der Waals surface area contributed by atoms with Crippen LogP contribution in [-0.2, 0) is 0 Å². The van der Waals surface area contributed by atoms with Crippen molar-refractivity contribution in [3.8, 4) is 6.07 Å². The van der Waals surface area contributed by atoms with Gasteiger partial charge in [-0.1, -0.05) is 0 Å². The largest absolute Gasteiger partial charge is 0.336 e. The van der Waals surface area contributed by atoms with Crippen LogP contribution in [0, 0.1) is 29.9 Å². The fourth-order valence-electron chi connectivity index (χ4n) is 1.52. The molecule has 0 saturated heterocycles. The van der Waals surface area contributed by atoms with Crippen molar-refractivity contribution in [2.75, 3.05) is 5.32 Å². The number of anilines is 2. The van der Waals surface area contributed by atoms with E-state index >= 15 is 0 Å². The summed E-state index contributed by atoms with van der Waals surface area (Å²) in [6, 6.07) is 7.11. The smallest absolute Gasteiger partial charge is 0.150 e. The van der Waals surface area contributed by atoms with Crippen molar-refractivity contribution in [3.63, 3.8) is 0 Å². The van der Waals surface area contributed by atoms with Crippen molar-refractivity contribution in [2.24, 2.45) is 0 Å². The number of hydrogen-bond donors (Lipinski definition) is 1. The van der Waals surface area contributed by atoms with Crippen LogP contribution in [0.2, 0.25) is 0 Å². The maximum Gasteiger partial charge on any atom is 0.150 e. The first kappa shape index (κ1) is 13.4. The Labute approximate surface area is 117 Å². The molecule has 0 aliphatic heterocycles. The van der Waals surface area contributed by atoms with E-state index in [0.29, 0.717) is 5.69 Å². The minimum atomic E-state index is -0.765. The van der Waals surface area contributed by atoms with Crippen molar-refractivity contribution in [1.82, 2.24) is 4.98 Å². The summed E-state index contributed by atoms with van der Waals surface area (Å²) in [5, 5.41) is 11.7. The Hall–Kier alpha value is -2.00. The van der Waals surface area contributed by atoms with E-state index in [4.69, 9.17) is 5.26 Å². The molecule has 2 rings (SSSR count). The van der Waals surface area contributed by atoms with Crippen LogP contribution in [0.25, 0.3) is 0 Å². The number of aromatic nitrogens is 1. The van der Waals surface area contributed by atoms with Crippen molar-refractivity contribution < 1.29 is 8.78 Å². The third-order valence-electron chi connectivity index (χ3n) is 2.41. The Morgan fingerprint density at radius 3 is 2.68 bits per heavy atom. The zero-order valence-corrected chi connectivity index (χ0v) is 11.4. The highest BCUT2D eigenvalue weighted by atomic mass is 79.9. The highest BCUT2D eigenvalue weighted by molar-refractivity contribution is 9.10. The molecule has 0 unspecified atom stereocenters. The lowest BCUT2D eigenvalue weighted by atomic mass is 10.2. The second-order valence-electron chi connectivity index (χ2n) is 3.83. The molecule has 0 spiro atoms. The normalized spacial score (nSPS) is 10.1. The summed E-state index contributed by atoms with van der Waals surface area (Å²) in [5.41, 5.74) is 0.998. The quantitative estimate of drug-likeness (QED) is 0.907. The molecule has 0 fully saturated rings. The molecule has 1 heterocycles. The van der Waals surface area contributed by atoms with Crippen LogP contribution in [0.3, 0.4) is 0 Å². The molecule has 6 heteroatoms. The Morgan fingerprint density at radius 2 is 2.05 bits per heavy atom. The first-order chi connectivity index (χ1) is 9.01. The van der Waals surface area contributed by atoms with Gasteiger partial charge in [-0.3, -0.25) is 0 Å². The fourth-order valence-corrected chi connectivity index (χ4v) is 2.03. The van der Waals surface area contributed by atoms with Gasteiger partial charge in [0, 0.05) is 16.2 Å². The molecule has 0 atom stereocenters. The van der Waals surface area contributed by atoms with E-state index in [9.17, 15) is 8.78 Å². The molecule has 1 aromatic heterocycles. The maximum atomic E-state index is 13.7. The van der Waals surface area contributed by atoms with Gasteiger partial charge in [0.05, 0.1) is 11.3 Å². The number of rotatable bonds is 2. The highest BCUT2D eigenvalue weighted by Gasteiger charge is 2.12. The summed E-state index contributed by atoms with van der Waals surface area (Å²) < 4.78 is 26.9.